The quantitative estimate of drug-likeness (QED) is 0.708. The molecule has 5 heteroatoms. The van der Waals surface area contributed by atoms with Gasteiger partial charge in [-0.05, 0) is 52.3 Å². The molecule has 0 aromatic heterocycles. The van der Waals surface area contributed by atoms with Crippen LogP contribution in [0.1, 0.15) is 40.2 Å². The van der Waals surface area contributed by atoms with Crippen molar-refractivity contribution in [1.29, 1.82) is 0 Å². The lowest BCUT2D eigenvalue weighted by Gasteiger charge is -2.37. The summed E-state index contributed by atoms with van der Waals surface area (Å²) in [4.78, 5) is 17.0. The monoisotopic (exact) mass is 396 g/mol. The number of benzene rings is 2. The zero-order valence-electron chi connectivity index (χ0n) is 18.1. The third-order valence-corrected chi connectivity index (χ3v) is 4.93. The molecule has 0 saturated carbocycles. The molecule has 0 spiro atoms. The SMILES string of the molecule is CC(C)(C)OC(=O)N1[C@@H](CN(Cc2ccccc2)c2ccccc2)COC1(C)C. The second-order valence-corrected chi connectivity index (χ2v) is 8.96. The summed E-state index contributed by atoms with van der Waals surface area (Å²) in [5.74, 6) is 0. The number of anilines is 1. The average Bonchev–Trinajstić information content (AvgIpc) is 2.95. The fourth-order valence-electron chi connectivity index (χ4n) is 3.66. The van der Waals surface area contributed by atoms with Crippen LogP contribution in [0.25, 0.3) is 0 Å². The Labute approximate surface area is 174 Å². The zero-order valence-corrected chi connectivity index (χ0v) is 18.1. The van der Waals surface area contributed by atoms with Crippen molar-refractivity contribution in [3.8, 4) is 0 Å². The van der Waals surface area contributed by atoms with Gasteiger partial charge in [0, 0.05) is 18.8 Å². The summed E-state index contributed by atoms with van der Waals surface area (Å²) in [6.45, 7) is 11.4. The van der Waals surface area contributed by atoms with Crippen LogP contribution >= 0.6 is 0 Å². The molecule has 0 unspecified atom stereocenters. The molecule has 1 heterocycles. The molecule has 156 valence electrons. The Balaban J connectivity index is 1.84. The van der Waals surface area contributed by atoms with Gasteiger partial charge in [0.25, 0.3) is 0 Å². The minimum atomic E-state index is -0.706. The Kier molecular flexibility index (Phi) is 6.18. The van der Waals surface area contributed by atoms with Gasteiger partial charge in [-0.1, -0.05) is 48.5 Å². The maximum absolute atomic E-state index is 13.0. The molecule has 29 heavy (non-hydrogen) atoms. The maximum Gasteiger partial charge on any atom is 0.412 e. The second kappa shape index (κ2) is 8.46. The predicted molar refractivity (Wildman–Crippen MR) is 116 cm³/mol. The van der Waals surface area contributed by atoms with Crippen LogP contribution in [0.4, 0.5) is 10.5 Å². The summed E-state index contributed by atoms with van der Waals surface area (Å²) in [6.07, 6.45) is -0.335. The molecule has 2 aromatic carbocycles. The van der Waals surface area contributed by atoms with Crippen molar-refractivity contribution in [2.24, 2.45) is 0 Å². The van der Waals surface area contributed by atoms with Crippen molar-refractivity contribution in [1.82, 2.24) is 4.90 Å². The smallest absolute Gasteiger partial charge is 0.412 e. The lowest BCUT2D eigenvalue weighted by Crippen LogP contribution is -2.53. The first-order valence-corrected chi connectivity index (χ1v) is 10.2. The highest BCUT2D eigenvalue weighted by atomic mass is 16.6. The van der Waals surface area contributed by atoms with Crippen molar-refractivity contribution >= 4 is 11.8 Å². The van der Waals surface area contributed by atoms with E-state index in [9.17, 15) is 4.79 Å². The number of ether oxygens (including phenoxy) is 2. The Bertz CT molecular complexity index is 800. The molecule has 1 saturated heterocycles. The number of carbonyl (C=O) groups is 1. The van der Waals surface area contributed by atoms with Crippen molar-refractivity contribution in [2.75, 3.05) is 18.1 Å². The molecule has 1 atom stereocenters. The second-order valence-electron chi connectivity index (χ2n) is 8.96. The number of hydrogen-bond donors (Lipinski definition) is 0. The highest BCUT2D eigenvalue weighted by Crippen LogP contribution is 2.31. The first-order valence-electron chi connectivity index (χ1n) is 10.2. The van der Waals surface area contributed by atoms with E-state index in [0.29, 0.717) is 13.2 Å². The lowest BCUT2D eigenvalue weighted by atomic mass is 10.1. The minimum absolute atomic E-state index is 0.108. The van der Waals surface area contributed by atoms with Gasteiger partial charge in [-0.2, -0.15) is 0 Å². The van der Waals surface area contributed by atoms with E-state index < -0.39 is 11.3 Å². The molecule has 0 radical (unpaired) electrons. The predicted octanol–water partition coefficient (Wildman–Crippen LogP) is 5.07. The molecule has 1 amide bonds. The van der Waals surface area contributed by atoms with E-state index in [-0.39, 0.29) is 12.1 Å². The van der Waals surface area contributed by atoms with Crippen molar-refractivity contribution in [3.63, 3.8) is 0 Å². The molecule has 0 N–H and O–H groups in total. The third-order valence-electron chi connectivity index (χ3n) is 4.93. The van der Waals surface area contributed by atoms with Crippen molar-refractivity contribution < 1.29 is 14.3 Å². The molecule has 1 aliphatic rings. The van der Waals surface area contributed by atoms with E-state index in [4.69, 9.17) is 9.47 Å². The van der Waals surface area contributed by atoms with Gasteiger partial charge in [0.15, 0.2) is 0 Å². The third kappa shape index (κ3) is 5.51. The van der Waals surface area contributed by atoms with Crippen LogP contribution in [-0.2, 0) is 16.0 Å². The largest absolute Gasteiger partial charge is 0.444 e. The number of carbonyl (C=O) groups excluding carboxylic acids is 1. The van der Waals surface area contributed by atoms with E-state index in [1.54, 1.807) is 4.90 Å². The summed E-state index contributed by atoms with van der Waals surface area (Å²) in [5.41, 5.74) is 1.08. The number of nitrogens with zero attached hydrogens (tertiary/aromatic N) is 2. The van der Waals surface area contributed by atoms with Gasteiger partial charge in [0.1, 0.15) is 11.3 Å². The van der Waals surface area contributed by atoms with E-state index in [1.165, 1.54) is 5.56 Å². The molecular formula is C24H32N2O3. The average molecular weight is 397 g/mol. The molecule has 0 aliphatic carbocycles. The van der Waals surface area contributed by atoms with Crippen molar-refractivity contribution in [2.45, 2.75) is 58.5 Å². The van der Waals surface area contributed by atoms with Crippen LogP contribution in [-0.4, -0.2) is 41.5 Å². The molecule has 2 aromatic rings. The molecule has 1 aliphatic heterocycles. The van der Waals surface area contributed by atoms with Gasteiger partial charge in [0.2, 0.25) is 0 Å². The van der Waals surface area contributed by atoms with Crippen LogP contribution in [0.5, 0.6) is 0 Å². The zero-order chi connectivity index (χ0) is 21.1. The Morgan fingerprint density at radius 3 is 2.28 bits per heavy atom. The normalized spacial score (nSPS) is 18.5. The Hall–Kier alpha value is -2.53. The van der Waals surface area contributed by atoms with Gasteiger partial charge in [-0.25, -0.2) is 4.79 Å². The number of rotatable bonds is 5. The van der Waals surface area contributed by atoms with Crippen LogP contribution in [0.15, 0.2) is 60.7 Å². The van der Waals surface area contributed by atoms with Crippen LogP contribution in [0.2, 0.25) is 0 Å². The molecule has 3 rings (SSSR count). The van der Waals surface area contributed by atoms with Gasteiger partial charge < -0.3 is 14.4 Å². The fourth-order valence-corrected chi connectivity index (χ4v) is 3.66. The van der Waals surface area contributed by atoms with Crippen molar-refractivity contribution in [3.05, 3.63) is 66.2 Å². The van der Waals surface area contributed by atoms with Gasteiger partial charge in [-0.3, -0.25) is 4.90 Å². The summed E-state index contributed by atoms with van der Waals surface area (Å²) in [5, 5.41) is 0. The Morgan fingerprint density at radius 2 is 1.69 bits per heavy atom. The maximum atomic E-state index is 13.0. The summed E-state index contributed by atoms with van der Waals surface area (Å²) in [6, 6.07) is 20.5. The molecule has 5 nitrogen and oxygen atoms in total. The summed E-state index contributed by atoms with van der Waals surface area (Å²) in [7, 11) is 0. The Morgan fingerprint density at radius 1 is 1.10 bits per heavy atom. The molecule has 0 bridgehead atoms. The van der Waals surface area contributed by atoms with Gasteiger partial charge in [-0.15, -0.1) is 0 Å². The van der Waals surface area contributed by atoms with E-state index in [0.717, 1.165) is 12.2 Å². The number of para-hydroxylation sites is 1. The topological polar surface area (TPSA) is 42.0 Å². The first kappa shape index (κ1) is 21.2. The minimum Gasteiger partial charge on any atom is -0.444 e. The van der Waals surface area contributed by atoms with E-state index in [2.05, 4.69) is 29.2 Å². The van der Waals surface area contributed by atoms with Crippen LogP contribution in [0.3, 0.4) is 0 Å². The molecular weight excluding hydrogens is 364 g/mol. The summed E-state index contributed by atoms with van der Waals surface area (Å²) >= 11 is 0. The fraction of sp³-hybridized carbons (Fsp3) is 0.458. The van der Waals surface area contributed by atoms with E-state index in [1.807, 2.05) is 71.0 Å². The van der Waals surface area contributed by atoms with Gasteiger partial charge >= 0.3 is 6.09 Å². The number of amides is 1. The standard InChI is InChI=1S/C24H32N2O3/c1-23(2,3)29-22(27)26-21(18-28-24(26,4)5)17-25(20-14-10-7-11-15-20)16-19-12-8-6-9-13-19/h6-15,21H,16-18H2,1-5H3/t21-/m0/s1. The summed E-state index contributed by atoms with van der Waals surface area (Å²) < 4.78 is 11.7. The van der Waals surface area contributed by atoms with Crippen LogP contribution in [0, 0.1) is 0 Å². The van der Waals surface area contributed by atoms with E-state index >= 15 is 0 Å². The number of hydrogen-bond acceptors (Lipinski definition) is 4. The van der Waals surface area contributed by atoms with Gasteiger partial charge in [0.05, 0.1) is 12.6 Å². The van der Waals surface area contributed by atoms with Crippen LogP contribution < -0.4 is 4.90 Å². The first-order chi connectivity index (χ1) is 13.7. The highest BCUT2D eigenvalue weighted by molar-refractivity contribution is 5.70. The highest BCUT2D eigenvalue weighted by Gasteiger charge is 2.46. The lowest BCUT2D eigenvalue weighted by molar-refractivity contribution is -0.0621. The molecule has 1 fully saturated rings.